The summed E-state index contributed by atoms with van der Waals surface area (Å²) in [4.78, 5) is 38.5. The molecule has 2 aliphatic rings. The Labute approximate surface area is 246 Å². The minimum atomic E-state index is -0.937. The number of aromatic nitrogens is 2. The van der Waals surface area contributed by atoms with Crippen molar-refractivity contribution >= 4 is 33.6 Å². The number of nitrogens with zero attached hydrogens (tertiary/aromatic N) is 5. The van der Waals surface area contributed by atoms with Crippen molar-refractivity contribution in [1.29, 1.82) is 0 Å². The maximum atomic E-state index is 14.1. The normalized spacial score (nSPS) is 19.0. The Kier molecular flexibility index (Phi) is 6.54. The van der Waals surface area contributed by atoms with Crippen LogP contribution in [0.25, 0.3) is 21.8 Å². The van der Waals surface area contributed by atoms with Crippen LogP contribution in [0.1, 0.15) is 30.7 Å². The Hall–Kier alpha value is -4.49. The fourth-order valence-corrected chi connectivity index (χ4v) is 6.59. The smallest absolute Gasteiger partial charge is 0.248 e. The number of hydrogen-bond donors (Lipinski definition) is 0. The highest BCUT2D eigenvalue weighted by Gasteiger charge is 2.52. The summed E-state index contributed by atoms with van der Waals surface area (Å²) in [6, 6.07) is 30.5. The van der Waals surface area contributed by atoms with Gasteiger partial charge >= 0.3 is 0 Å². The van der Waals surface area contributed by atoms with E-state index >= 15 is 0 Å². The largest absolute Gasteiger partial charge is 0.343 e. The number of fused-ring (bicyclic) bond motifs is 3. The molecule has 2 aliphatic heterocycles. The molecule has 2 aromatic heterocycles. The van der Waals surface area contributed by atoms with E-state index in [1.807, 2.05) is 61.2 Å². The lowest BCUT2D eigenvalue weighted by molar-refractivity contribution is -0.173. The number of rotatable bonds is 6. The van der Waals surface area contributed by atoms with E-state index in [0.717, 1.165) is 36.2 Å². The summed E-state index contributed by atoms with van der Waals surface area (Å²) in [6.07, 6.45) is 2.25. The number of para-hydroxylation sites is 2. The standard InChI is InChI=1S/C35H35N5O2/c1-35(2)34(42)39-19-18-37(21-27-22-38(20-25-10-4-3-5-11-25)31-15-9-7-13-29(27)31)24-32(39)33(41)40(35)23-28-17-16-26-12-6-8-14-30(26)36-28/h3-17,22,32H,18-21,23-24H2,1-2H3. The van der Waals surface area contributed by atoms with Crippen LogP contribution in [0.2, 0.25) is 0 Å². The number of amides is 2. The first-order chi connectivity index (χ1) is 20.4. The molecule has 0 aliphatic carbocycles. The van der Waals surface area contributed by atoms with Crippen molar-refractivity contribution < 1.29 is 9.59 Å². The van der Waals surface area contributed by atoms with E-state index in [-0.39, 0.29) is 11.8 Å². The van der Waals surface area contributed by atoms with Crippen molar-refractivity contribution in [2.45, 2.75) is 45.1 Å². The van der Waals surface area contributed by atoms with Crippen LogP contribution in [0.5, 0.6) is 0 Å². The van der Waals surface area contributed by atoms with Crippen LogP contribution in [0, 0.1) is 0 Å². The van der Waals surface area contributed by atoms with Gasteiger partial charge in [0.25, 0.3) is 0 Å². The Morgan fingerprint density at radius 3 is 2.43 bits per heavy atom. The van der Waals surface area contributed by atoms with Crippen LogP contribution in [0.3, 0.4) is 0 Å². The van der Waals surface area contributed by atoms with Gasteiger partial charge in [-0.15, -0.1) is 0 Å². The molecule has 42 heavy (non-hydrogen) atoms. The van der Waals surface area contributed by atoms with Gasteiger partial charge in [0.05, 0.1) is 17.8 Å². The summed E-state index contributed by atoms with van der Waals surface area (Å²) in [7, 11) is 0. The molecule has 5 aromatic rings. The summed E-state index contributed by atoms with van der Waals surface area (Å²) < 4.78 is 2.31. The summed E-state index contributed by atoms with van der Waals surface area (Å²) >= 11 is 0. The first kappa shape index (κ1) is 26.4. The fourth-order valence-electron chi connectivity index (χ4n) is 6.59. The molecule has 0 radical (unpaired) electrons. The second kappa shape index (κ2) is 10.4. The molecular weight excluding hydrogens is 522 g/mol. The minimum absolute atomic E-state index is 0.00648. The number of benzene rings is 3. The molecular formula is C35H35N5O2. The maximum absolute atomic E-state index is 14.1. The topological polar surface area (TPSA) is 61.7 Å². The van der Waals surface area contributed by atoms with Crippen LogP contribution in [-0.2, 0) is 29.2 Å². The number of piperazine rings is 2. The molecule has 0 spiro atoms. The van der Waals surface area contributed by atoms with E-state index in [2.05, 4.69) is 64.2 Å². The van der Waals surface area contributed by atoms with Crippen LogP contribution in [0.15, 0.2) is 97.2 Å². The number of carbonyl (C=O) groups is 2. The summed E-state index contributed by atoms with van der Waals surface area (Å²) in [5.74, 6) is -0.00207. The van der Waals surface area contributed by atoms with E-state index in [1.165, 1.54) is 22.0 Å². The summed E-state index contributed by atoms with van der Waals surface area (Å²) in [6.45, 7) is 7.35. The lowest BCUT2D eigenvalue weighted by atomic mass is 9.91. The van der Waals surface area contributed by atoms with Crippen molar-refractivity contribution in [1.82, 2.24) is 24.3 Å². The van der Waals surface area contributed by atoms with Gasteiger partial charge < -0.3 is 14.4 Å². The minimum Gasteiger partial charge on any atom is -0.343 e. The van der Waals surface area contributed by atoms with E-state index in [4.69, 9.17) is 4.98 Å². The Morgan fingerprint density at radius 2 is 1.57 bits per heavy atom. The fraction of sp³-hybridized carbons (Fsp3) is 0.286. The van der Waals surface area contributed by atoms with Crippen LogP contribution in [0.4, 0.5) is 0 Å². The maximum Gasteiger partial charge on any atom is 0.248 e. The molecule has 1 atom stereocenters. The van der Waals surface area contributed by atoms with E-state index in [9.17, 15) is 9.59 Å². The first-order valence-corrected chi connectivity index (χ1v) is 14.7. The molecule has 0 N–H and O–H groups in total. The van der Waals surface area contributed by atoms with Gasteiger partial charge in [0.2, 0.25) is 11.8 Å². The third-order valence-corrected chi connectivity index (χ3v) is 8.91. The predicted octanol–water partition coefficient (Wildman–Crippen LogP) is 5.07. The van der Waals surface area contributed by atoms with Crippen LogP contribution in [-0.4, -0.2) is 67.3 Å². The lowest BCUT2D eigenvalue weighted by Crippen LogP contribution is -2.73. The van der Waals surface area contributed by atoms with Gasteiger partial charge in [-0.05, 0) is 43.2 Å². The van der Waals surface area contributed by atoms with Gasteiger partial charge in [0.15, 0.2) is 0 Å². The third-order valence-electron chi connectivity index (χ3n) is 8.91. The Balaban J connectivity index is 1.13. The van der Waals surface area contributed by atoms with Gasteiger partial charge in [0, 0.05) is 55.2 Å². The quantitative estimate of drug-likeness (QED) is 0.293. The molecule has 7 heteroatoms. The van der Waals surface area contributed by atoms with Crippen molar-refractivity contribution in [3.8, 4) is 0 Å². The van der Waals surface area contributed by atoms with Crippen LogP contribution < -0.4 is 0 Å². The SMILES string of the molecule is CC1(C)C(=O)N2CCN(Cc3cn(Cc4ccccc4)c4ccccc34)CC2C(=O)N1Cc1ccc2ccccc2n1. The molecule has 0 bridgehead atoms. The van der Waals surface area contributed by atoms with Gasteiger partial charge in [-0.3, -0.25) is 19.5 Å². The number of hydrogen-bond acceptors (Lipinski definition) is 4. The van der Waals surface area contributed by atoms with Crippen LogP contribution >= 0.6 is 0 Å². The summed E-state index contributed by atoms with van der Waals surface area (Å²) in [5, 5.41) is 2.29. The number of pyridine rings is 1. The zero-order chi connectivity index (χ0) is 28.8. The van der Waals surface area contributed by atoms with Gasteiger partial charge in [-0.25, -0.2) is 0 Å². The average Bonchev–Trinajstić information content (AvgIpc) is 3.35. The summed E-state index contributed by atoms with van der Waals surface area (Å²) in [5.41, 5.74) is 4.44. The van der Waals surface area contributed by atoms with E-state index in [0.29, 0.717) is 19.6 Å². The van der Waals surface area contributed by atoms with Crippen molar-refractivity contribution in [2.24, 2.45) is 0 Å². The first-order valence-electron chi connectivity index (χ1n) is 14.7. The molecule has 2 fully saturated rings. The lowest BCUT2D eigenvalue weighted by Gasteiger charge is -2.52. The Bertz CT molecular complexity index is 1790. The molecule has 1 unspecified atom stereocenters. The van der Waals surface area contributed by atoms with Gasteiger partial charge in [0.1, 0.15) is 11.6 Å². The highest BCUT2D eigenvalue weighted by Crippen LogP contribution is 2.32. The second-order valence-corrected chi connectivity index (χ2v) is 12.0. The van der Waals surface area contributed by atoms with Crippen molar-refractivity contribution in [3.63, 3.8) is 0 Å². The molecule has 4 heterocycles. The van der Waals surface area contributed by atoms with Gasteiger partial charge in [-0.1, -0.05) is 72.8 Å². The third kappa shape index (κ3) is 4.64. The van der Waals surface area contributed by atoms with Gasteiger partial charge in [-0.2, -0.15) is 0 Å². The van der Waals surface area contributed by atoms with Crippen molar-refractivity contribution in [3.05, 3.63) is 114 Å². The number of carbonyl (C=O) groups excluding carboxylic acids is 2. The zero-order valence-electron chi connectivity index (χ0n) is 24.1. The average molecular weight is 558 g/mol. The highest BCUT2D eigenvalue weighted by atomic mass is 16.2. The molecule has 7 rings (SSSR count). The molecule has 0 saturated carbocycles. The van der Waals surface area contributed by atoms with Crippen molar-refractivity contribution in [2.75, 3.05) is 19.6 Å². The predicted molar refractivity (Wildman–Crippen MR) is 165 cm³/mol. The zero-order valence-corrected chi connectivity index (χ0v) is 24.1. The Morgan fingerprint density at radius 1 is 0.810 bits per heavy atom. The molecule has 3 aromatic carbocycles. The molecule has 2 saturated heterocycles. The van der Waals surface area contributed by atoms with E-state index in [1.54, 1.807) is 4.90 Å². The molecule has 212 valence electrons. The highest BCUT2D eigenvalue weighted by molar-refractivity contribution is 5.99. The second-order valence-electron chi connectivity index (χ2n) is 12.0. The molecule has 7 nitrogen and oxygen atoms in total. The molecule has 2 amide bonds. The van der Waals surface area contributed by atoms with E-state index < -0.39 is 11.6 Å². The monoisotopic (exact) mass is 557 g/mol.